The molecule has 0 fully saturated rings. The average Bonchev–Trinajstić information content (AvgIpc) is 2.91. The van der Waals surface area contributed by atoms with Gasteiger partial charge in [-0.25, -0.2) is 14.8 Å². The molecule has 2 aromatic rings. The van der Waals surface area contributed by atoms with Crippen LogP contribution in [0.5, 0.6) is 5.88 Å². The summed E-state index contributed by atoms with van der Waals surface area (Å²) in [5, 5.41) is 7.12. The van der Waals surface area contributed by atoms with Gasteiger partial charge in [0.05, 0.1) is 17.9 Å². The van der Waals surface area contributed by atoms with E-state index in [1.807, 2.05) is 11.8 Å². The Bertz CT molecular complexity index is 847. The van der Waals surface area contributed by atoms with Crippen LogP contribution in [-0.4, -0.2) is 62.7 Å². The number of carboxylic acids is 1. The molecule has 2 aromatic heterocycles. The smallest absolute Gasteiger partial charge is 0.478 e. The van der Waals surface area contributed by atoms with Gasteiger partial charge >= 0.3 is 12.1 Å². The molecule has 1 amide bonds. The molecule has 11 heteroatoms. The van der Waals surface area contributed by atoms with Gasteiger partial charge in [0, 0.05) is 37.5 Å². The number of carbonyl (C=O) groups excluding carboxylic acids is 1. The number of aromatic nitrogens is 3. The topological polar surface area (TPSA) is 106 Å². The number of hydrogen-bond donors (Lipinski definition) is 1. The van der Waals surface area contributed by atoms with Gasteiger partial charge in [-0.1, -0.05) is 0 Å². The van der Waals surface area contributed by atoms with E-state index < -0.39 is 12.1 Å². The third-order valence-electron chi connectivity index (χ3n) is 3.96. The predicted octanol–water partition coefficient (Wildman–Crippen LogP) is 2.14. The molecule has 0 saturated heterocycles. The number of hydrogen-bond acceptors (Lipinski definition) is 6. The van der Waals surface area contributed by atoms with E-state index in [0.717, 1.165) is 11.3 Å². The Morgan fingerprint density at radius 1 is 1.24 bits per heavy atom. The fraction of sp³-hybridized carbons (Fsp3) is 0.389. The number of aliphatic carboxylic acids is 1. The van der Waals surface area contributed by atoms with E-state index in [-0.39, 0.29) is 5.91 Å². The standard InChI is InChI=1S/C16H18N4O2.C2HF3O2/c1-2-22-15-13-5-8-20(9-6-14(13)18-11-19-15)16(21)12-4-3-7-17-10-12;3-2(4,5)1(6)7/h3-4,7,10-11H,2,5-6,8-9H2,1H3;(H,6,7). The molecule has 29 heavy (non-hydrogen) atoms. The molecule has 0 aromatic carbocycles. The molecule has 0 aliphatic carbocycles. The van der Waals surface area contributed by atoms with Crippen molar-refractivity contribution in [2.24, 2.45) is 0 Å². The summed E-state index contributed by atoms with van der Waals surface area (Å²) in [6.45, 7) is 3.78. The molecule has 0 atom stereocenters. The average molecular weight is 412 g/mol. The summed E-state index contributed by atoms with van der Waals surface area (Å²) < 4.78 is 37.3. The van der Waals surface area contributed by atoms with Crippen LogP contribution in [0.4, 0.5) is 13.2 Å². The normalized spacial score (nSPS) is 13.4. The Balaban J connectivity index is 0.000000370. The lowest BCUT2D eigenvalue weighted by Gasteiger charge is -2.19. The van der Waals surface area contributed by atoms with E-state index >= 15 is 0 Å². The zero-order chi connectivity index (χ0) is 21.4. The van der Waals surface area contributed by atoms with E-state index in [1.165, 1.54) is 6.33 Å². The van der Waals surface area contributed by atoms with Crippen molar-refractivity contribution in [1.82, 2.24) is 19.9 Å². The van der Waals surface area contributed by atoms with Crippen molar-refractivity contribution < 1.29 is 32.6 Å². The first-order valence-electron chi connectivity index (χ1n) is 8.69. The summed E-state index contributed by atoms with van der Waals surface area (Å²) in [5.74, 6) is -2.11. The number of carboxylic acid groups (broad SMARTS) is 1. The molecule has 156 valence electrons. The molecule has 1 aliphatic rings. The van der Waals surface area contributed by atoms with Gasteiger partial charge in [0.2, 0.25) is 5.88 Å². The van der Waals surface area contributed by atoms with Gasteiger partial charge in [0.15, 0.2) is 0 Å². The van der Waals surface area contributed by atoms with E-state index in [9.17, 15) is 18.0 Å². The van der Waals surface area contributed by atoms with Gasteiger partial charge in [0.25, 0.3) is 5.91 Å². The van der Waals surface area contributed by atoms with Crippen LogP contribution >= 0.6 is 0 Å². The maximum atomic E-state index is 12.5. The molecular formula is C18H19F3N4O4. The highest BCUT2D eigenvalue weighted by atomic mass is 19.4. The third-order valence-corrected chi connectivity index (χ3v) is 3.96. The number of fused-ring (bicyclic) bond motifs is 1. The Hall–Kier alpha value is -3.24. The van der Waals surface area contributed by atoms with Crippen molar-refractivity contribution in [3.8, 4) is 5.88 Å². The molecule has 0 saturated carbocycles. The first-order chi connectivity index (χ1) is 13.7. The first kappa shape index (κ1) is 22.1. The maximum absolute atomic E-state index is 12.5. The number of pyridine rings is 1. The Labute approximate surface area is 164 Å². The molecule has 8 nitrogen and oxygen atoms in total. The monoisotopic (exact) mass is 412 g/mol. The van der Waals surface area contributed by atoms with Crippen molar-refractivity contribution >= 4 is 11.9 Å². The SMILES string of the molecule is CCOc1ncnc2c1CCN(C(=O)c1cccnc1)CC2.O=C(O)C(F)(F)F. The fourth-order valence-electron chi connectivity index (χ4n) is 2.63. The van der Waals surface area contributed by atoms with Gasteiger partial charge < -0.3 is 14.7 Å². The van der Waals surface area contributed by atoms with E-state index in [4.69, 9.17) is 14.6 Å². The summed E-state index contributed by atoms with van der Waals surface area (Å²) in [7, 11) is 0. The number of amides is 1. The van der Waals surface area contributed by atoms with Crippen LogP contribution in [0.15, 0.2) is 30.9 Å². The summed E-state index contributed by atoms with van der Waals surface area (Å²) in [6.07, 6.45) is 1.13. The van der Waals surface area contributed by atoms with E-state index in [0.29, 0.717) is 44.0 Å². The second-order valence-electron chi connectivity index (χ2n) is 5.87. The highest BCUT2D eigenvalue weighted by Gasteiger charge is 2.38. The second kappa shape index (κ2) is 9.80. The highest BCUT2D eigenvalue weighted by Crippen LogP contribution is 2.22. The number of carbonyl (C=O) groups is 2. The zero-order valence-electron chi connectivity index (χ0n) is 15.5. The van der Waals surface area contributed by atoms with Crippen molar-refractivity contribution in [3.05, 3.63) is 47.7 Å². The van der Waals surface area contributed by atoms with Crippen LogP contribution in [0, 0.1) is 0 Å². The fourth-order valence-corrected chi connectivity index (χ4v) is 2.63. The lowest BCUT2D eigenvalue weighted by Crippen LogP contribution is -2.33. The van der Waals surface area contributed by atoms with Gasteiger partial charge in [0.1, 0.15) is 6.33 Å². The number of halogens is 3. The van der Waals surface area contributed by atoms with Crippen LogP contribution in [0.25, 0.3) is 0 Å². The third kappa shape index (κ3) is 6.13. The lowest BCUT2D eigenvalue weighted by molar-refractivity contribution is -0.192. The van der Waals surface area contributed by atoms with Crippen molar-refractivity contribution in [1.29, 1.82) is 0 Å². The molecule has 3 rings (SSSR count). The van der Waals surface area contributed by atoms with Gasteiger partial charge in [-0.2, -0.15) is 13.2 Å². The minimum atomic E-state index is -5.08. The molecule has 0 unspecified atom stereocenters. The van der Waals surface area contributed by atoms with Crippen LogP contribution in [0.1, 0.15) is 28.5 Å². The largest absolute Gasteiger partial charge is 0.490 e. The van der Waals surface area contributed by atoms with Crippen LogP contribution in [0.3, 0.4) is 0 Å². The van der Waals surface area contributed by atoms with E-state index in [2.05, 4.69) is 15.0 Å². The minimum absolute atomic E-state index is 0.00632. The van der Waals surface area contributed by atoms with Crippen LogP contribution in [-0.2, 0) is 17.6 Å². The van der Waals surface area contributed by atoms with Gasteiger partial charge in [-0.15, -0.1) is 0 Å². The Morgan fingerprint density at radius 2 is 1.93 bits per heavy atom. The van der Waals surface area contributed by atoms with Crippen LogP contribution in [0.2, 0.25) is 0 Å². The minimum Gasteiger partial charge on any atom is -0.478 e. The molecule has 1 aliphatic heterocycles. The van der Waals surface area contributed by atoms with Crippen molar-refractivity contribution in [2.75, 3.05) is 19.7 Å². The first-order valence-corrected chi connectivity index (χ1v) is 8.69. The summed E-state index contributed by atoms with van der Waals surface area (Å²) in [6, 6.07) is 3.57. The Kier molecular flexibility index (Phi) is 7.46. The highest BCUT2D eigenvalue weighted by molar-refractivity contribution is 5.93. The molecular weight excluding hydrogens is 393 g/mol. The second-order valence-corrected chi connectivity index (χ2v) is 5.87. The number of rotatable bonds is 3. The van der Waals surface area contributed by atoms with E-state index in [1.54, 1.807) is 24.5 Å². The lowest BCUT2D eigenvalue weighted by atomic mass is 10.1. The summed E-state index contributed by atoms with van der Waals surface area (Å²) in [5.41, 5.74) is 2.61. The predicted molar refractivity (Wildman–Crippen MR) is 94.4 cm³/mol. The zero-order valence-corrected chi connectivity index (χ0v) is 15.5. The molecule has 3 heterocycles. The maximum Gasteiger partial charge on any atom is 0.490 e. The quantitative estimate of drug-likeness (QED) is 0.823. The molecule has 1 N–H and O–H groups in total. The van der Waals surface area contributed by atoms with Crippen molar-refractivity contribution in [3.63, 3.8) is 0 Å². The number of nitrogens with zero attached hydrogens (tertiary/aromatic N) is 4. The number of ether oxygens (including phenoxy) is 1. The van der Waals surface area contributed by atoms with Gasteiger partial charge in [-0.05, 0) is 25.5 Å². The number of alkyl halides is 3. The molecule has 0 bridgehead atoms. The Morgan fingerprint density at radius 3 is 2.52 bits per heavy atom. The summed E-state index contributed by atoms with van der Waals surface area (Å²) in [4.78, 5) is 35.8. The van der Waals surface area contributed by atoms with Gasteiger partial charge in [-0.3, -0.25) is 9.78 Å². The molecule has 0 spiro atoms. The van der Waals surface area contributed by atoms with Crippen molar-refractivity contribution in [2.45, 2.75) is 25.9 Å². The summed E-state index contributed by atoms with van der Waals surface area (Å²) >= 11 is 0. The van der Waals surface area contributed by atoms with Crippen LogP contribution < -0.4 is 4.74 Å². The molecule has 0 radical (unpaired) electrons.